The highest BCUT2D eigenvalue weighted by Crippen LogP contribution is 2.29. The second-order valence-electron chi connectivity index (χ2n) is 6.33. The van der Waals surface area contributed by atoms with Crippen LogP contribution in [0, 0.1) is 0 Å². The third kappa shape index (κ3) is 5.21. The number of thiophene rings is 1. The summed E-state index contributed by atoms with van der Waals surface area (Å²) in [5.41, 5.74) is 0.962. The van der Waals surface area contributed by atoms with Crippen LogP contribution < -0.4 is 15.4 Å². The molecule has 0 saturated carbocycles. The Kier molecular flexibility index (Phi) is 7.22. The van der Waals surface area contributed by atoms with Crippen LogP contribution in [0.1, 0.15) is 29.9 Å². The fraction of sp³-hybridized carbons (Fsp3) is 0.333. The number of hydrogen-bond acceptors (Lipinski definition) is 5. The number of rotatable bonds is 8. The van der Waals surface area contributed by atoms with Gasteiger partial charge in [0, 0.05) is 41.5 Å². The Morgan fingerprint density at radius 2 is 2.11 bits per heavy atom. The van der Waals surface area contributed by atoms with E-state index in [9.17, 15) is 5.11 Å². The Labute approximate surface area is 169 Å². The Morgan fingerprint density at radius 3 is 2.89 bits per heavy atom. The molecule has 1 aromatic carbocycles. The second kappa shape index (κ2) is 10.1. The van der Waals surface area contributed by atoms with E-state index in [4.69, 9.17) is 4.74 Å². The maximum Gasteiger partial charge on any atom is 0.218 e. The lowest BCUT2D eigenvalue weighted by Gasteiger charge is -2.15. The molecular weight excluding hydrogens is 372 g/mol. The molecule has 0 amide bonds. The first-order valence-electron chi connectivity index (χ1n) is 9.39. The first-order valence-corrected chi connectivity index (χ1v) is 10.2. The van der Waals surface area contributed by atoms with Gasteiger partial charge in [-0.1, -0.05) is 31.2 Å². The van der Waals surface area contributed by atoms with E-state index in [1.165, 1.54) is 4.70 Å². The molecule has 3 aromatic rings. The van der Waals surface area contributed by atoms with Gasteiger partial charge >= 0.3 is 0 Å². The average Bonchev–Trinajstić information content (AvgIpc) is 3.17. The number of hydrogen-bond donors (Lipinski definition) is 3. The zero-order valence-corrected chi connectivity index (χ0v) is 17.0. The molecule has 2 heterocycles. The fourth-order valence-corrected chi connectivity index (χ4v) is 3.80. The van der Waals surface area contributed by atoms with Crippen molar-refractivity contribution in [2.45, 2.75) is 26.0 Å². The fourth-order valence-electron chi connectivity index (χ4n) is 2.75. The molecule has 3 N–H and O–H groups in total. The molecule has 28 heavy (non-hydrogen) atoms. The predicted octanol–water partition coefficient (Wildman–Crippen LogP) is 3.48. The number of fused-ring (bicyclic) bond motifs is 1. The van der Waals surface area contributed by atoms with Gasteiger partial charge in [0.05, 0.1) is 6.61 Å². The quantitative estimate of drug-likeness (QED) is 0.400. The zero-order valence-electron chi connectivity index (χ0n) is 16.2. The predicted molar refractivity (Wildman–Crippen MR) is 115 cm³/mol. The number of ether oxygens (including phenoxy) is 1. The number of aliphatic hydroxyl groups is 1. The van der Waals surface area contributed by atoms with Gasteiger partial charge in [-0.2, -0.15) is 0 Å². The molecule has 148 valence electrons. The second-order valence-corrected chi connectivity index (χ2v) is 7.44. The summed E-state index contributed by atoms with van der Waals surface area (Å²) in [7, 11) is 1.71. The molecule has 3 rings (SSSR count). The van der Waals surface area contributed by atoms with Crippen LogP contribution in [-0.2, 0) is 6.54 Å². The van der Waals surface area contributed by atoms with Crippen molar-refractivity contribution in [3.63, 3.8) is 0 Å². The molecule has 7 heteroatoms. The number of nitrogens with zero attached hydrogens (tertiary/aromatic N) is 2. The van der Waals surface area contributed by atoms with E-state index in [1.54, 1.807) is 24.6 Å². The number of benzene rings is 1. The number of aliphatic hydroxyl groups excluding tert-OH is 1. The van der Waals surface area contributed by atoms with Crippen LogP contribution in [0.5, 0.6) is 5.88 Å². The van der Waals surface area contributed by atoms with Crippen LogP contribution in [-0.4, -0.2) is 36.2 Å². The van der Waals surface area contributed by atoms with Gasteiger partial charge in [-0.15, -0.1) is 11.3 Å². The van der Waals surface area contributed by atoms with E-state index < -0.39 is 6.10 Å². The number of nitrogens with one attached hydrogen (secondary N) is 2. The van der Waals surface area contributed by atoms with Crippen LogP contribution in [0.3, 0.4) is 0 Å². The molecule has 0 bridgehead atoms. The van der Waals surface area contributed by atoms with Crippen molar-refractivity contribution in [3.05, 3.63) is 59.1 Å². The summed E-state index contributed by atoms with van der Waals surface area (Å²) in [6.07, 6.45) is 2.06. The highest BCUT2D eigenvalue weighted by Gasteiger charge is 2.12. The number of aliphatic imine (C=N–C) groups is 1. The van der Waals surface area contributed by atoms with Crippen molar-refractivity contribution in [3.8, 4) is 5.88 Å². The number of guanidine groups is 1. The molecule has 0 saturated heterocycles. The minimum atomic E-state index is -0.599. The zero-order chi connectivity index (χ0) is 19.8. The molecular formula is C21H26N4O2S. The molecule has 0 aliphatic carbocycles. The summed E-state index contributed by atoms with van der Waals surface area (Å²) in [5.74, 6) is 1.25. The van der Waals surface area contributed by atoms with E-state index >= 15 is 0 Å². The molecule has 0 spiro atoms. The summed E-state index contributed by atoms with van der Waals surface area (Å²) in [6, 6.07) is 14.0. The normalized spacial score (nSPS) is 12.8. The van der Waals surface area contributed by atoms with Crippen LogP contribution in [0.2, 0.25) is 0 Å². The summed E-state index contributed by atoms with van der Waals surface area (Å²) < 4.78 is 6.86. The maximum absolute atomic E-state index is 10.5. The third-order valence-electron chi connectivity index (χ3n) is 4.20. The minimum Gasteiger partial charge on any atom is -0.477 e. The Morgan fingerprint density at radius 1 is 1.25 bits per heavy atom. The topological polar surface area (TPSA) is 78.8 Å². The summed E-state index contributed by atoms with van der Waals surface area (Å²) >= 11 is 1.61. The number of pyridine rings is 1. The molecule has 0 aliphatic rings. The summed E-state index contributed by atoms with van der Waals surface area (Å²) in [4.78, 5) is 9.46. The van der Waals surface area contributed by atoms with Gasteiger partial charge in [0.2, 0.25) is 5.88 Å². The van der Waals surface area contributed by atoms with Crippen molar-refractivity contribution in [2.24, 2.45) is 4.99 Å². The van der Waals surface area contributed by atoms with Crippen molar-refractivity contribution in [1.82, 2.24) is 15.6 Å². The lowest BCUT2D eigenvalue weighted by molar-refractivity contribution is 0.184. The van der Waals surface area contributed by atoms with Crippen LogP contribution in [0.25, 0.3) is 10.1 Å². The van der Waals surface area contributed by atoms with Gasteiger partial charge in [0.25, 0.3) is 0 Å². The Hall–Kier alpha value is -2.64. The summed E-state index contributed by atoms with van der Waals surface area (Å²) in [5, 5.41) is 18.1. The van der Waals surface area contributed by atoms with Crippen LogP contribution in [0.4, 0.5) is 0 Å². The first-order chi connectivity index (χ1) is 13.7. The van der Waals surface area contributed by atoms with Gasteiger partial charge in [0.15, 0.2) is 5.96 Å². The van der Waals surface area contributed by atoms with Gasteiger partial charge in [-0.25, -0.2) is 4.98 Å². The smallest absolute Gasteiger partial charge is 0.218 e. The largest absolute Gasteiger partial charge is 0.477 e. The monoisotopic (exact) mass is 398 g/mol. The lowest BCUT2D eigenvalue weighted by atomic mass is 10.2. The van der Waals surface area contributed by atoms with Gasteiger partial charge in [-0.3, -0.25) is 4.99 Å². The molecule has 0 radical (unpaired) electrons. The first kappa shape index (κ1) is 20.1. The average molecular weight is 399 g/mol. The molecule has 2 aromatic heterocycles. The highest BCUT2D eigenvalue weighted by atomic mass is 32.1. The molecule has 6 nitrogen and oxygen atoms in total. The van der Waals surface area contributed by atoms with Crippen molar-refractivity contribution in [2.75, 3.05) is 20.2 Å². The number of aromatic nitrogens is 1. The van der Waals surface area contributed by atoms with Crippen LogP contribution in [0.15, 0.2) is 53.7 Å². The van der Waals surface area contributed by atoms with Gasteiger partial charge < -0.3 is 20.5 Å². The molecule has 0 aliphatic heterocycles. The minimum absolute atomic E-state index is 0.374. The van der Waals surface area contributed by atoms with Crippen molar-refractivity contribution in [1.29, 1.82) is 0 Å². The molecule has 1 atom stereocenters. The van der Waals surface area contributed by atoms with E-state index in [1.807, 2.05) is 30.3 Å². The molecule has 1 unspecified atom stereocenters. The maximum atomic E-state index is 10.5. The van der Waals surface area contributed by atoms with E-state index in [-0.39, 0.29) is 0 Å². The third-order valence-corrected chi connectivity index (χ3v) is 5.42. The van der Waals surface area contributed by atoms with Gasteiger partial charge in [0.1, 0.15) is 6.10 Å². The van der Waals surface area contributed by atoms with E-state index in [2.05, 4.69) is 39.7 Å². The Bertz CT molecular complexity index is 892. The van der Waals surface area contributed by atoms with Crippen LogP contribution >= 0.6 is 11.3 Å². The van der Waals surface area contributed by atoms with Crippen molar-refractivity contribution >= 4 is 27.4 Å². The molecule has 0 fully saturated rings. The highest BCUT2D eigenvalue weighted by molar-refractivity contribution is 7.19. The SMILES string of the molecule is CCCOc1ncccc1CNC(=NC)NCC(O)c1cc2ccccc2s1. The van der Waals surface area contributed by atoms with E-state index in [0.717, 1.165) is 22.2 Å². The van der Waals surface area contributed by atoms with Crippen molar-refractivity contribution < 1.29 is 9.84 Å². The Balaban J connectivity index is 1.55. The summed E-state index contributed by atoms with van der Waals surface area (Å²) in [6.45, 7) is 3.61. The standard InChI is InChI=1S/C21H26N4O2S/c1-3-11-27-20-16(8-6-10-23-20)13-24-21(22-2)25-14-17(26)19-12-15-7-4-5-9-18(15)28-19/h4-10,12,17,26H,3,11,13-14H2,1-2H3,(H2,22,24,25). The van der Waals surface area contributed by atoms with E-state index in [0.29, 0.717) is 31.5 Å². The lowest BCUT2D eigenvalue weighted by Crippen LogP contribution is -2.39. The van der Waals surface area contributed by atoms with Gasteiger partial charge in [-0.05, 0) is 30.0 Å².